The van der Waals surface area contributed by atoms with Gasteiger partial charge in [-0.2, -0.15) is 52.7 Å². The van der Waals surface area contributed by atoms with Crippen molar-refractivity contribution in [1.29, 1.82) is 0 Å². The van der Waals surface area contributed by atoms with Crippen molar-refractivity contribution in [1.82, 2.24) is 50.3 Å². The van der Waals surface area contributed by atoms with E-state index in [1.165, 1.54) is 21.5 Å². The number of pyridine rings is 6. The number of benzene rings is 4. The number of fused-ring (bicyclic) bond motifs is 2. The first-order chi connectivity index (χ1) is 39.3. The fraction of sp³-hybridized carbons (Fsp3) is 0.0667. The second-order valence-electron chi connectivity index (χ2n) is 16.3. The second kappa shape index (κ2) is 34.4. The fourth-order valence-electron chi connectivity index (χ4n) is 6.87. The Hall–Kier alpha value is -7.78. The van der Waals surface area contributed by atoms with Crippen LogP contribution in [0, 0.1) is 24.3 Å². The fourth-order valence-corrected chi connectivity index (χ4v) is 6.87. The average molecular weight is 1640 g/mol. The van der Waals surface area contributed by atoms with E-state index in [0.717, 1.165) is 45.0 Å². The van der Waals surface area contributed by atoms with Crippen molar-refractivity contribution in [3.8, 4) is 45.0 Å². The molecule has 0 saturated carbocycles. The van der Waals surface area contributed by atoms with Crippen LogP contribution in [-0.4, -0.2) is 40.1 Å². The molecule has 0 bridgehead atoms. The van der Waals surface area contributed by atoms with E-state index in [9.17, 15) is 52.7 Å². The van der Waals surface area contributed by atoms with Gasteiger partial charge < -0.3 is 50.3 Å². The molecule has 8 heterocycles. The van der Waals surface area contributed by atoms with Gasteiger partial charge in [-0.1, -0.05) is 97.6 Å². The van der Waals surface area contributed by atoms with E-state index in [1.54, 1.807) is 49.3 Å². The summed E-state index contributed by atoms with van der Waals surface area (Å²) >= 11 is 0. The van der Waals surface area contributed by atoms with Gasteiger partial charge >= 0.3 is 58.8 Å². The van der Waals surface area contributed by atoms with Crippen molar-refractivity contribution in [2.75, 3.05) is 0 Å². The van der Waals surface area contributed by atoms with Crippen molar-refractivity contribution in [3.05, 3.63) is 266 Å². The van der Waals surface area contributed by atoms with Gasteiger partial charge in [-0.15, -0.1) is 107 Å². The molecule has 0 unspecified atom stereocenters. The summed E-state index contributed by atoms with van der Waals surface area (Å²) in [6.45, 7) is 0. The van der Waals surface area contributed by atoms with Crippen LogP contribution in [0.5, 0.6) is 0 Å². The zero-order valence-corrected chi connectivity index (χ0v) is 49.7. The summed E-state index contributed by atoms with van der Waals surface area (Å²) in [6, 6.07) is 63.9. The van der Waals surface area contributed by atoms with Crippen LogP contribution in [0.1, 0.15) is 22.8 Å². The number of rotatable bonds is 4. The Labute approximate surface area is 531 Å². The maximum atomic E-state index is 11.7. The maximum absolute atomic E-state index is 11.7. The number of alkyl halides is 12. The number of hydrogen-bond donors (Lipinski definition) is 0. The standard InChI is InChI=1S/2C15H10N.2C10H7N2.2C5HF6N2.2Cu.2Ir/c2*1-2-7-13(8-3-1)15-14-9-5-4-6-12(14)10-11-16-15;2*1-2-7-12-10(5-1)9-4-3-6-11-8-9;2*6-4(7,8)2-1-3(13-12-2)5(9,10)11;;;;/h2*1-7,9-11H;2*1-3,5-8H;2*1H;;;;/q6*-1;2*+1;;. The van der Waals surface area contributed by atoms with Crippen LogP contribution >= 0.6 is 0 Å². The Morgan fingerprint density at radius 2 is 0.698 bits per heavy atom. The van der Waals surface area contributed by atoms with Crippen molar-refractivity contribution in [3.63, 3.8) is 0 Å². The molecule has 0 atom stereocenters. The molecule has 0 amide bonds. The molecule has 8 aromatic heterocycles. The molecule has 86 heavy (non-hydrogen) atoms. The number of aromatic nitrogens is 10. The SMILES string of the molecule is FC(F)(F)c1cc(C(F)(F)F)[n-]n1.FC(F)(F)c1cc(C(F)(F)F)[n-]n1.[Cu+].[Cu+].[Ir].[Ir].[c-]1ccccc1-c1nccc2ccccc12.[c-]1ccccc1-c1nccc2ccccc12.[c-]1ccncc1-c1ccccn1.[c-]1ccncc1-c1ccccn1. The van der Waals surface area contributed by atoms with E-state index in [0.29, 0.717) is 0 Å². The van der Waals surface area contributed by atoms with E-state index in [4.69, 9.17) is 0 Å². The Morgan fingerprint density at radius 3 is 0.988 bits per heavy atom. The molecule has 12 rings (SSSR count). The third kappa shape index (κ3) is 21.9. The Balaban J connectivity index is 0.000000269. The summed E-state index contributed by atoms with van der Waals surface area (Å²) in [7, 11) is 0. The molecule has 0 spiro atoms. The van der Waals surface area contributed by atoms with Gasteiger partial charge in [0.2, 0.25) is 0 Å². The summed E-state index contributed by atoms with van der Waals surface area (Å²) < 4.78 is 141. The minimum atomic E-state index is -4.89. The van der Waals surface area contributed by atoms with E-state index in [2.05, 4.69) is 98.8 Å². The first-order valence-corrected chi connectivity index (χ1v) is 23.6. The van der Waals surface area contributed by atoms with Crippen molar-refractivity contribution in [2.45, 2.75) is 24.7 Å². The number of nitrogens with zero attached hydrogens (tertiary/aromatic N) is 10. The molecule has 454 valence electrons. The first kappa shape index (κ1) is 72.5. The zero-order valence-electron chi connectivity index (χ0n) is 43.1. The topological polar surface area (TPSA) is 131 Å². The van der Waals surface area contributed by atoms with Crippen LogP contribution in [0.25, 0.3) is 66.6 Å². The number of halogens is 12. The Kier molecular flexibility index (Phi) is 29.0. The molecule has 26 heteroatoms. The van der Waals surface area contributed by atoms with Crippen molar-refractivity contribution in [2.24, 2.45) is 0 Å². The Morgan fingerprint density at radius 1 is 0.337 bits per heavy atom. The molecule has 0 aliphatic rings. The van der Waals surface area contributed by atoms with Crippen LogP contribution in [0.15, 0.2) is 219 Å². The molecule has 2 radical (unpaired) electrons. The maximum Gasteiger partial charge on any atom is 1.00 e. The van der Waals surface area contributed by atoms with Gasteiger partial charge in [0.1, 0.15) is 11.4 Å². The number of hydrogen-bond acceptors (Lipinski definition) is 8. The Bertz CT molecular complexity index is 3440. The molecule has 12 aromatic rings. The third-order valence-electron chi connectivity index (χ3n) is 10.6. The van der Waals surface area contributed by atoms with Crippen LogP contribution in [-0.2, 0) is 99.1 Å². The van der Waals surface area contributed by atoms with Gasteiger partial charge in [-0.05, 0) is 92.1 Å². The molecule has 0 saturated heterocycles. The molecule has 0 aliphatic carbocycles. The van der Waals surface area contributed by atoms with E-state index in [-0.39, 0.29) is 86.5 Å². The van der Waals surface area contributed by atoms with Gasteiger partial charge in [-0.3, -0.25) is 0 Å². The van der Waals surface area contributed by atoms with Gasteiger partial charge in [0.25, 0.3) is 0 Å². The summed E-state index contributed by atoms with van der Waals surface area (Å²) in [5.74, 6) is 0. The van der Waals surface area contributed by atoms with E-state index in [1.807, 2.05) is 134 Å². The smallest absolute Gasteiger partial charge is 0.571 e. The molecule has 4 aromatic carbocycles. The van der Waals surface area contributed by atoms with Crippen molar-refractivity contribution >= 4 is 21.5 Å². The van der Waals surface area contributed by atoms with Crippen LogP contribution in [0.4, 0.5) is 52.7 Å². The average Bonchev–Trinajstić information content (AvgIpc) is 3.39. The monoisotopic (exact) mass is 1640 g/mol. The van der Waals surface area contributed by atoms with Gasteiger partial charge in [0, 0.05) is 65.0 Å². The molecule has 0 aliphatic heterocycles. The predicted molar refractivity (Wildman–Crippen MR) is 280 cm³/mol. The largest absolute Gasteiger partial charge is 1.00 e. The minimum Gasteiger partial charge on any atom is -0.571 e. The predicted octanol–water partition coefficient (Wildman–Crippen LogP) is 15.4. The van der Waals surface area contributed by atoms with Crippen LogP contribution in [0.2, 0.25) is 0 Å². The second-order valence-corrected chi connectivity index (χ2v) is 16.3. The van der Waals surface area contributed by atoms with Gasteiger partial charge in [0.15, 0.2) is 0 Å². The first-order valence-electron chi connectivity index (χ1n) is 23.6. The summed E-state index contributed by atoms with van der Waals surface area (Å²) in [5.41, 5.74) is 1.20. The molecular formula is C60H36Cu2F12Ir2N10-4. The summed E-state index contributed by atoms with van der Waals surface area (Å²) in [5, 5.41) is 14.2. The minimum absolute atomic E-state index is 0. The van der Waals surface area contributed by atoms with Crippen LogP contribution < -0.4 is 10.2 Å². The molecule has 10 nitrogen and oxygen atoms in total. The van der Waals surface area contributed by atoms with E-state index >= 15 is 0 Å². The third-order valence-corrected chi connectivity index (χ3v) is 10.6. The van der Waals surface area contributed by atoms with Gasteiger partial charge in [0.05, 0.1) is 0 Å². The summed E-state index contributed by atoms with van der Waals surface area (Å²) in [4.78, 5) is 25.2. The summed E-state index contributed by atoms with van der Waals surface area (Å²) in [6.07, 6.45) is -5.45. The van der Waals surface area contributed by atoms with E-state index < -0.39 is 47.5 Å². The van der Waals surface area contributed by atoms with Gasteiger partial charge in [-0.25, -0.2) is 0 Å². The van der Waals surface area contributed by atoms with Crippen LogP contribution in [0.3, 0.4) is 0 Å². The van der Waals surface area contributed by atoms with Crippen molar-refractivity contribution < 1.29 is 127 Å². The molecule has 0 fully saturated rings. The molecule has 0 N–H and O–H groups in total. The zero-order chi connectivity index (χ0) is 58.6. The quantitative estimate of drug-likeness (QED) is 0.0953. The molecular weight excluding hydrogens is 1600 g/mol. The normalized spacial score (nSPS) is 10.7.